The van der Waals surface area contributed by atoms with Gasteiger partial charge in [0.2, 0.25) is 5.13 Å². The Labute approximate surface area is 137 Å². The molecule has 0 saturated carbocycles. The van der Waals surface area contributed by atoms with Crippen LogP contribution in [0.4, 0.5) is 5.13 Å². The van der Waals surface area contributed by atoms with Gasteiger partial charge in [-0.05, 0) is 17.7 Å². The second-order valence-corrected chi connectivity index (χ2v) is 5.56. The predicted octanol–water partition coefficient (Wildman–Crippen LogP) is 3.95. The van der Waals surface area contributed by atoms with E-state index in [1.165, 1.54) is 11.3 Å². The Bertz CT molecular complexity index is 827. The van der Waals surface area contributed by atoms with Crippen molar-refractivity contribution in [1.29, 1.82) is 0 Å². The van der Waals surface area contributed by atoms with Gasteiger partial charge in [0.15, 0.2) is 0 Å². The Kier molecular flexibility index (Phi) is 4.44. The maximum atomic E-state index is 10.8. The number of anilines is 1. The van der Waals surface area contributed by atoms with Crippen LogP contribution in [0.15, 0.2) is 65.1 Å². The average molecular weight is 323 g/mol. The van der Waals surface area contributed by atoms with Crippen molar-refractivity contribution >= 4 is 28.7 Å². The summed E-state index contributed by atoms with van der Waals surface area (Å²) in [5.41, 5.74) is 5.90. The summed E-state index contributed by atoms with van der Waals surface area (Å²) in [6.07, 6.45) is 1.62. The third-order valence-electron chi connectivity index (χ3n) is 3.11. The monoisotopic (exact) mass is 323 g/mol. The van der Waals surface area contributed by atoms with Crippen molar-refractivity contribution in [3.05, 3.63) is 71.1 Å². The van der Waals surface area contributed by atoms with E-state index >= 15 is 0 Å². The summed E-state index contributed by atoms with van der Waals surface area (Å²) in [4.78, 5) is 15.2. The standard InChI is InChI=1S/C17H13N3O2S/c21-16(22)14-8-6-12(7-9-14)10-18-20-17-19-15(11-23-17)13-4-2-1-3-5-13/h1-11H,(H,19,20)(H,21,22). The van der Waals surface area contributed by atoms with E-state index < -0.39 is 5.97 Å². The van der Waals surface area contributed by atoms with Crippen LogP contribution in [0.25, 0.3) is 11.3 Å². The molecule has 114 valence electrons. The van der Waals surface area contributed by atoms with Crippen molar-refractivity contribution in [3.63, 3.8) is 0 Å². The highest BCUT2D eigenvalue weighted by molar-refractivity contribution is 7.14. The molecule has 0 fully saturated rings. The van der Waals surface area contributed by atoms with Crippen LogP contribution in [0.2, 0.25) is 0 Å². The van der Waals surface area contributed by atoms with E-state index in [1.54, 1.807) is 30.5 Å². The molecule has 2 aromatic carbocycles. The molecule has 0 unspecified atom stereocenters. The SMILES string of the molecule is O=C(O)c1ccc(C=NNc2nc(-c3ccccc3)cs2)cc1. The van der Waals surface area contributed by atoms with Crippen LogP contribution >= 0.6 is 11.3 Å². The Morgan fingerprint density at radius 3 is 2.57 bits per heavy atom. The molecule has 5 nitrogen and oxygen atoms in total. The third kappa shape index (κ3) is 3.81. The lowest BCUT2D eigenvalue weighted by molar-refractivity contribution is 0.0697. The number of carbonyl (C=O) groups is 1. The minimum atomic E-state index is -0.942. The Balaban J connectivity index is 1.64. The van der Waals surface area contributed by atoms with Gasteiger partial charge in [-0.3, -0.25) is 5.43 Å². The molecule has 0 bridgehead atoms. The molecule has 0 amide bonds. The quantitative estimate of drug-likeness (QED) is 0.550. The number of aromatic carboxylic acids is 1. The Morgan fingerprint density at radius 2 is 1.87 bits per heavy atom. The highest BCUT2D eigenvalue weighted by atomic mass is 32.1. The van der Waals surface area contributed by atoms with Gasteiger partial charge in [-0.2, -0.15) is 5.10 Å². The summed E-state index contributed by atoms with van der Waals surface area (Å²) < 4.78 is 0. The van der Waals surface area contributed by atoms with Crippen molar-refractivity contribution in [2.45, 2.75) is 0 Å². The third-order valence-corrected chi connectivity index (χ3v) is 3.85. The van der Waals surface area contributed by atoms with Crippen molar-refractivity contribution in [2.24, 2.45) is 5.10 Å². The fraction of sp³-hybridized carbons (Fsp3) is 0. The van der Waals surface area contributed by atoms with E-state index in [-0.39, 0.29) is 5.56 Å². The number of aromatic nitrogens is 1. The molecule has 23 heavy (non-hydrogen) atoms. The number of carboxylic acids is 1. The lowest BCUT2D eigenvalue weighted by atomic mass is 10.1. The van der Waals surface area contributed by atoms with E-state index in [9.17, 15) is 4.79 Å². The van der Waals surface area contributed by atoms with E-state index in [4.69, 9.17) is 5.11 Å². The molecule has 2 N–H and O–H groups in total. The molecule has 1 aromatic heterocycles. The molecule has 3 rings (SSSR count). The summed E-state index contributed by atoms with van der Waals surface area (Å²) in [5, 5.41) is 15.6. The van der Waals surface area contributed by atoms with E-state index in [2.05, 4.69) is 15.5 Å². The lowest BCUT2D eigenvalue weighted by Crippen LogP contribution is -1.96. The second kappa shape index (κ2) is 6.85. The number of nitrogens with zero attached hydrogens (tertiary/aromatic N) is 2. The number of benzene rings is 2. The van der Waals surface area contributed by atoms with Crippen molar-refractivity contribution < 1.29 is 9.90 Å². The molecular weight excluding hydrogens is 310 g/mol. The molecule has 0 spiro atoms. The summed E-state index contributed by atoms with van der Waals surface area (Å²) in [5.74, 6) is -0.942. The van der Waals surface area contributed by atoms with Crippen LogP contribution in [-0.2, 0) is 0 Å². The Hall–Kier alpha value is -2.99. The molecule has 1 heterocycles. The number of thiazole rings is 1. The van der Waals surface area contributed by atoms with Crippen molar-refractivity contribution in [1.82, 2.24) is 4.98 Å². The van der Waals surface area contributed by atoms with Gasteiger partial charge in [0.25, 0.3) is 0 Å². The molecule has 0 aliphatic rings. The van der Waals surface area contributed by atoms with Crippen LogP contribution in [0, 0.1) is 0 Å². The van der Waals surface area contributed by atoms with Gasteiger partial charge in [-0.1, -0.05) is 42.5 Å². The van der Waals surface area contributed by atoms with Gasteiger partial charge in [0.1, 0.15) is 0 Å². The van der Waals surface area contributed by atoms with Gasteiger partial charge in [-0.15, -0.1) is 11.3 Å². The topological polar surface area (TPSA) is 74.6 Å². The van der Waals surface area contributed by atoms with E-state index in [0.717, 1.165) is 16.8 Å². The van der Waals surface area contributed by atoms with Gasteiger partial charge in [0, 0.05) is 10.9 Å². The molecule has 0 atom stereocenters. The first-order valence-corrected chi connectivity index (χ1v) is 7.74. The van der Waals surface area contributed by atoms with Crippen LogP contribution in [0.5, 0.6) is 0 Å². The zero-order valence-electron chi connectivity index (χ0n) is 12.0. The number of nitrogens with one attached hydrogen (secondary N) is 1. The number of carboxylic acid groups (broad SMARTS) is 1. The number of hydrogen-bond donors (Lipinski definition) is 2. The predicted molar refractivity (Wildman–Crippen MR) is 92.2 cm³/mol. The zero-order valence-corrected chi connectivity index (χ0v) is 12.8. The van der Waals surface area contributed by atoms with Crippen molar-refractivity contribution in [2.75, 3.05) is 5.43 Å². The van der Waals surface area contributed by atoms with Crippen LogP contribution < -0.4 is 5.43 Å². The average Bonchev–Trinajstić information content (AvgIpc) is 3.05. The number of hydrazone groups is 1. The number of hydrogen-bond acceptors (Lipinski definition) is 5. The normalized spacial score (nSPS) is 10.8. The Morgan fingerprint density at radius 1 is 1.13 bits per heavy atom. The first-order chi connectivity index (χ1) is 11.2. The highest BCUT2D eigenvalue weighted by Crippen LogP contribution is 2.24. The first-order valence-electron chi connectivity index (χ1n) is 6.86. The van der Waals surface area contributed by atoms with E-state index in [0.29, 0.717) is 5.13 Å². The highest BCUT2D eigenvalue weighted by Gasteiger charge is 2.03. The molecule has 3 aromatic rings. The minimum Gasteiger partial charge on any atom is -0.478 e. The molecule has 6 heteroatoms. The summed E-state index contributed by atoms with van der Waals surface area (Å²) in [6.45, 7) is 0. The molecular formula is C17H13N3O2S. The maximum Gasteiger partial charge on any atom is 0.335 e. The van der Waals surface area contributed by atoms with Gasteiger partial charge in [0.05, 0.1) is 17.5 Å². The first kappa shape index (κ1) is 14.9. The van der Waals surface area contributed by atoms with Gasteiger partial charge in [-0.25, -0.2) is 9.78 Å². The van der Waals surface area contributed by atoms with Crippen LogP contribution in [0.3, 0.4) is 0 Å². The summed E-state index contributed by atoms with van der Waals surface area (Å²) in [6, 6.07) is 16.4. The van der Waals surface area contributed by atoms with Crippen LogP contribution in [-0.4, -0.2) is 22.3 Å². The number of rotatable bonds is 5. The molecule has 0 radical (unpaired) electrons. The largest absolute Gasteiger partial charge is 0.478 e. The van der Waals surface area contributed by atoms with Crippen LogP contribution in [0.1, 0.15) is 15.9 Å². The fourth-order valence-electron chi connectivity index (χ4n) is 1.94. The molecule has 0 aliphatic heterocycles. The second-order valence-electron chi connectivity index (χ2n) is 4.70. The fourth-order valence-corrected chi connectivity index (χ4v) is 2.61. The zero-order chi connectivity index (χ0) is 16.1. The van der Waals surface area contributed by atoms with E-state index in [1.807, 2.05) is 35.7 Å². The van der Waals surface area contributed by atoms with Crippen molar-refractivity contribution in [3.8, 4) is 11.3 Å². The summed E-state index contributed by atoms with van der Waals surface area (Å²) in [7, 11) is 0. The molecule has 0 saturated heterocycles. The minimum absolute atomic E-state index is 0.252. The smallest absolute Gasteiger partial charge is 0.335 e. The lowest BCUT2D eigenvalue weighted by Gasteiger charge is -1.97. The van der Waals surface area contributed by atoms with Gasteiger partial charge < -0.3 is 5.11 Å². The maximum absolute atomic E-state index is 10.8. The molecule has 0 aliphatic carbocycles. The summed E-state index contributed by atoms with van der Waals surface area (Å²) >= 11 is 1.47. The van der Waals surface area contributed by atoms with Gasteiger partial charge >= 0.3 is 5.97 Å².